The van der Waals surface area contributed by atoms with Gasteiger partial charge < -0.3 is 23.7 Å². The highest BCUT2D eigenvalue weighted by atomic mass is 32.2. The summed E-state index contributed by atoms with van der Waals surface area (Å²) in [5.74, 6) is 0.982. The summed E-state index contributed by atoms with van der Waals surface area (Å²) in [5.41, 5.74) is 1.84. The lowest BCUT2D eigenvalue weighted by molar-refractivity contribution is 0.0501. The normalized spacial score (nSPS) is 16.8. The molecule has 0 bridgehead atoms. The van der Waals surface area contributed by atoms with Crippen molar-refractivity contribution in [3.63, 3.8) is 0 Å². The molecule has 9 nitrogen and oxygen atoms in total. The molecule has 0 N–H and O–H groups in total. The van der Waals surface area contributed by atoms with Gasteiger partial charge in [-0.1, -0.05) is 44.2 Å². The van der Waals surface area contributed by atoms with Crippen molar-refractivity contribution < 1.29 is 27.4 Å². The molecular weight excluding hydrogens is 506 g/mol. The monoisotopic (exact) mass is 539 g/mol. The number of carbonyl (C=O) groups is 1. The predicted octanol–water partition coefficient (Wildman–Crippen LogP) is 4.06. The zero-order valence-electron chi connectivity index (χ0n) is 21.7. The number of benzene rings is 2. The highest BCUT2D eigenvalue weighted by Crippen LogP contribution is 2.33. The second-order valence-electron chi connectivity index (χ2n) is 10.2. The van der Waals surface area contributed by atoms with Gasteiger partial charge in [-0.2, -0.15) is 0 Å². The van der Waals surface area contributed by atoms with Crippen LogP contribution in [0, 0.1) is 5.92 Å². The minimum atomic E-state index is -3.71. The minimum absolute atomic E-state index is 0.0256. The Bertz CT molecular complexity index is 1380. The van der Waals surface area contributed by atoms with Crippen LogP contribution >= 0.6 is 0 Å². The molecule has 3 aromatic rings. The third-order valence-corrected chi connectivity index (χ3v) is 8.23. The van der Waals surface area contributed by atoms with Crippen molar-refractivity contribution >= 4 is 15.7 Å². The molecule has 2 aromatic carbocycles. The Hall–Kier alpha value is -3.37. The number of ether oxygens (including phenoxy) is 3. The lowest BCUT2D eigenvalue weighted by Crippen LogP contribution is -2.37. The maximum absolute atomic E-state index is 13.7. The van der Waals surface area contributed by atoms with E-state index in [1.54, 1.807) is 46.0 Å². The summed E-state index contributed by atoms with van der Waals surface area (Å²) >= 11 is 0. The predicted molar refractivity (Wildman–Crippen MR) is 141 cm³/mol. The van der Waals surface area contributed by atoms with Crippen LogP contribution in [0.2, 0.25) is 0 Å². The molecular formula is C28H33N3O6S. The van der Waals surface area contributed by atoms with E-state index in [9.17, 15) is 13.2 Å². The Morgan fingerprint density at radius 3 is 2.66 bits per heavy atom. The number of fused-ring (bicyclic) bond motifs is 1. The molecule has 0 unspecified atom stereocenters. The Morgan fingerprint density at radius 2 is 1.92 bits per heavy atom. The zero-order chi connectivity index (χ0) is 26.7. The number of rotatable bonds is 10. The number of aromatic nitrogens is 2. The van der Waals surface area contributed by atoms with Gasteiger partial charge in [-0.25, -0.2) is 13.4 Å². The summed E-state index contributed by atoms with van der Waals surface area (Å²) < 4.78 is 45.3. The van der Waals surface area contributed by atoms with Crippen molar-refractivity contribution in [2.24, 2.45) is 5.92 Å². The summed E-state index contributed by atoms with van der Waals surface area (Å²) in [6.45, 7) is 5.91. The van der Waals surface area contributed by atoms with Gasteiger partial charge in [0.2, 0.25) is 21.8 Å². The van der Waals surface area contributed by atoms with Gasteiger partial charge in [-0.15, -0.1) is 0 Å². The molecule has 1 aromatic heterocycles. The van der Waals surface area contributed by atoms with Crippen LogP contribution in [0.15, 0.2) is 59.9 Å². The first-order valence-corrected chi connectivity index (χ1v) is 14.6. The van der Waals surface area contributed by atoms with Crippen LogP contribution < -0.4 is 9.47 Å². The Morgan fingerprint density at radius 1 is 1.13 bits per heavy atom. The van der Waals surface area contributed by atoms with E-state index >= 15 is 0 Å². The van der Waals surface area contributed by atoms with Crippen LogP contribution in [0.5, 0.6) is 11.5 Å². The van der Waals surface area contributed by atoms with E-state index in [0.29, 0.717) is 48.0 Å². The average molecular weight is 540 g/mol. The molecule has 2 aliphatic heterocycles. The first-order chi connectivity index (χ1) is 18.3. The number of carbonyl (C=O) groups excluding carboxylic acids is 1. The van der Waals surface area contributed by atoms with Gasteiger partial charge in [0, 0.05) is 25.3 Å². The van der Waals surface area contributed by atoms with Crippen molar-refractivity contribution in [1.82, 2.24) is 14.5 Å². The third kappa shape index (κ3) is 5.86. The molecule has 3 heterocycles. The lowest BCUT2D eigenvalue weighted by atomic mass is 10.1. The van der Waals surface area contributed by atoms with Crippen molar-refractivity contribution in [2.45, 2.75) is 56.8 Å². The quantitative estimate of drug-likeness (QED) is 0.383. The van der Waals surface area contributed by atoms with Crippen LogP contribution in [0.3, 0.4) is 0 Å². The molecule has 0 saturated carbocycles. The summed E-state index contributed by atoms with van der Waals surface area (Å²) in [7, 11) is -3.71. The summed E-state index contributed by atoms with van der Waals surface area (Å²) in [4.78, 5) is 19.8. The lowest BCUT2D eigenvalue weighted by Gasteiger charge is -2.26. The van der Waals surface area contributed by atoms with Crippen LogP contribution in [0.25, 0.3) is 0 Å². The smallest absolute Gasteiger partial charge is 0.254 e. The van der Waals surface area contributed by atoms with Crippen LogP contribution in [0.1, 0.15) is 48.3 Å². The van der Waals surface area contributed by atoms with E-state index in [1.807, 2.05) is 32.0 Å². The molecule has 202 valence electrons. The fourth-order valence-corrected chi connectivity index (χ4v) is 6.35. The topological polar surface area (TPSA) is 100.0 Å². The third-order valence-electron chi connectivity index (χ3n) is 6.63. The highest BCUT2D eigenvalue weighted by molar-refractivity contribution is 7.90. The number of amides is 1. The molecule has 0 aliphatic carbocycles. The standard InChI is InChI=1S/C28H33N3O6S/c1-20(2)15-31-23(14-29-28(31)38(33,34)18-21-7-4-3-5-8-21)16-30(17-24-9-6-12-35-24)27(32)22-10-11-25-26(13-22)37-19-36-25/h3-5,7-8,10-11,13-14,20,24H,6,9,12,15-19H2,1-2H3/t24-/m0/s1. The zero-order valence-corrected chi connectivity index (χ0v) is 22.5. The summed E-state index contributed by atoms with van der Waals surface area (Å²) in [6.07, 6.45) is 3.32. The van der Waals surface area contributed by atoms with Crippen molar-refractivity contribution in [3.8, 4) is 11.5 Å². The fraction of sp³-hybridized carbons (Fsp3) is 0.429. The molecule has 0 spiro atoms. The molecule has 10 heteroatoms. The van der Waals surface area contributed by atoms with Gasteiger partial charge in [0.15, 0.2) is 11.5 Å². The summed E-state index contributed by atoms with van der Waals surface area (Å²) in [5, 5.41) is 0.0256. The van der Waals surface area contributed by atoms with E-state index in [-0.39, 0.29) is 42.2 Å². The second-order valence-corrected chi connectivity index (χ2v) is 12.1. The molecule has 1 atom stereocenters. The van der Waals surface area contributed by atoms with Crippen LogP contribution in [-0.2, 0) is 33.4 Å². The first-order valence-electron chi connectivity index (χ1n) is 12.9. The van der Waals surface area contributed by atoms with Crippen molar-refractivity contribution in [3.05, 3.63) is 71.5 Å². The van der Waals surface area contributed by atoms with Gasteiger partial charge in [-0.3, -0.25) is 4.79 Å². The van der Waals surface area contributed by atoms with E-state index in [0.717, 1.165) is 12.8 Å². The minimum Gasteiger partial charge on any atom is -0.454 e. The first kappa shape index (κ1) is 26.2. The largest absolute Gasteiger partial charge is 0.454 e. The SMILES string of the molecule is CC(C)Cn1c(CN(C[C@@H]2CCCO2)C(=O)c2ccc3c(c2)OCO3)cnc1S(=O)(=O)Cc1ccccc1. The van der Waals surface area contributed by atoms with Gasteiger partial charge in [-0.05, 0) is 42.5 Å². The highest BCUT2D eigenvalue weighted by Gasteiger charge is 2.29. The Labute approximate surface area is 223 Å². The van der Waals surface area contributed by atoms with E-state index in [4.69, 9.17) is 14.2 Å². The van der Waals surface area contributed by atoms with E-state index in [2.05, 4.69) is 4.98 Å². The molecule has 38 heavy (non-hydrogen) atoms. The average Bonchev–Trinajstić information content (AvgIpc) is 3.65. The van der Waals surface area contributed by atoms with Gasteiger partial charge in [0.05, 0.1) is 30.3 Å². The van der Waals surface area contributed by atoms with E-state index < -0.39 is 9.84 Å². The van der Waals surface area contributed by atoms with Crippen molar-refractivity contribution in [2.75, 3.05) is 19.9 Å². The molecule has 1 saturated heterocycles. The molecule has 2 aliphatic rings. The molecule has 0 radical (unpaired) electrons. The number of nitrogens with zero attached hydrogens (tertiary/aromatic N) is 3. The maximum atomic E-state index is 13.7. The summed E-state index contributed by atoms with van der Waals surface area (Å²) in [6, 6.07) is 14.2. The number of hydrogen-bond donors (Lipinski definition) is 0. The van der Waals surface area contributed by atoms with Crippen LogP contribution in [-0.4, -0.2) is 54.8 Å². The van der Waals surface area contributed by atoms with Crippen molar-refractivity contribution in [1.29, 1.82) is 0 Å². The molecule has 1 amide bonds. The number of hydrogen-bond acceptors (Lipinski definition) is 7. The number of sulfone groups is 1. The second kappa shape index (κ2) is 11.2. The molecule has 5 rings (SSSR count). The Kier molecular flexibility index (Phi) is 7.71. The Balaban J connectivity index is 1.46. The maximum Gasteiger partial charge on any atom is 0.254 e. The van der Waals surface area contributed by atoms with Gasteiger partial charge in [0.1, 0.15) is 0 Å². The number of imidazole rings is 1. The van der Waals surface area contributed by atoms with Gasteiger partial charge >= 0.3 is 0 Å². The fourth-order valence-electron chi connectivity index (χ4n) is 4.85. The van der Waals surface area contributed by atoms with Crippen LogP contribution in [0.4, 0.5) is 0 Å². The van der Waals surface area contributed by atoms with E-state index in [1.165, 1.54) is 0 Å². The van der Waals surface area contributed by atoms with Gasteiger partial charge in [0.25, 0.3) is 5.91 Å². The molecule has 1 fully saturated rings.